The van der Waals surface area contributed by atoms with Crippen LogP contribution in [0.2, 0.25) is 18.1 Å². The molecular formula is C25H39NO4Si. The summed E-state index contributed by atoms with van der Waals surface area (Å²) in [5, 5.41) is 0.0839. The molecule has 1 aliphatic carbocycles. The molecular weight excluding hydrogens is 406 g/mol. The van der Waals surface area contributed by atoms with Gasteiger partial charge in [-0.2, -0.15) is 0 Å². The van der Waals surface area contributed by atoms with Crippen molar-refractivity contribution in [3.05, 3.63) is 48.0 Å². The van der Waals surface area contributed by atoms with Gasteiger partial charge in [-0.15, -0.1) is 0 Å². The van der Waals surface area contributed by atoms with E-state index in [1.165, 1.54) is 6.42 Å². The van der Waals surface area contributed by atoms with Crippen molar-refractivity contribution in [2.45, 2.75) is 76.4 Å². The minimum atomic E-state index is -2.03. The number of cyclic esters (lactones) is 1. The Morgan fingerprint density at radius 2 is 1.90 bits per heavy atom. The number of hydrogen-bond acceptors (Lipinski definition) is 4. The average Bonchev–Trinajstić information content (AvgIpc) is 2.92. The largest absolute Gasteiger partial charge is 0.439 e. The number of carbonyl (C=O) groups excluding carboxylic acids is 1. The summed E-state index contributed by atoms with van der Waals surface area (Å²) in [7, 11) is -0.381. The van der Waals surface area contributed by atoms with E-state index >= 15 is 0 Å². The number of hydrogen-bond donors (Lipinski definition) is 0. The molecule has 2 fully saturated rings. The van der Waals surface area contributed by atoms with Crippen LogP contribution in [-0.4, -0.2) is 51.3 Å². The quantitative estimate of drug-likeness (QED) is 0.358. The van der Waals surface area contributed by atoms with E-state index in [9.17, 15) is 4.79 Å². The number of amides is 1. The Morgan fingerprint density at radius 3 is 2.42 bits per heavy atom. The zero-order valence-electron chi connectivity index (χ0n) is 20.1. The lowest BCUT2D eigenvalue weighted by Gasteiger charge is -2.50. The maximum atomic E-state index is 13.3. The first kappa shape index (κ1) is 24.0. The van der Waals surface area contributed by atoms with Gasteiger partial charge in [-0.1, -0.05) is 64.1 Å². The lowest BCUT2D eigenvalue weighted by Crippen LogP contribution is -2.63. The highest BCUT2D eigenvalue weighted by Gasteiger charge is 2.61. The molecule has 31 heavy (non-hydrogen) atoms. The van der Waals surface area contributed by atoms with Gasteiger partial charge >= 0.3 is 6.09 Å². The summed E-state index contributed by atoms with van der Waals surface area (Å²) in [6.07, 6.45) is 2.60. The fourth-order valence-corrected chi connectivity index (χ4v) is 5.41. The zero-order valence-corrected chi connectivity index (χ0v) is 21.1. The first-order valence-electron chi connectivity index (χ1n) is 11.4. The molecule has 1 heterocycles. The van der Waals surface area contributed by atoms with Gasteiger partial charge in [-0.25, -0.2) is 4.79 Å². The molecule has 1 aromatic carbocycles. The van der Waals surface area contributed by atoms with Gasteiger partial charge in [0.1, 0.15) is 5.54 Å². The SMILES string of the molecule is C=C(COC)[C@H]1OC(=O)N(Cc2ccccc2)[C@]1(CO[Si](C)(C)C(C)(C)C)C1CCC1. The van der Waals surface area contributed by atoms with Crippen molar-refractivity contribution in [3.63, 3.8) is 0 Å². The Bertz CT molecular complexity index is 784. The summed E-state index contributed by atoms with van der Waals surface area (Å²) < 4.78 is 18.2. The first-order chi connectivity index (χ1) is 14.5. The molecule has 1 aromatic rings. The third kappa shape index (κ3) is 4.62. The van der Waals surface area contributed by atoms with E-state index in [1.807, 2.05) is 23.1 Å². The van der Waals surface area contributed by atoms with E-state index in [1.54, 1.807) is 7.11 Å². The molecule has 2 aliphatic rings. The number of rotatable bonds is 9. The maximum Gasteiger partial charge on any atom is 0.411 e. The van der Waals surface area contributed by atoms with Crippen LogP contribution in [0, 0.1) is 5.92 Å². The summed E-state index contributed by atoms with van der Waals surface area (Å²) in [6.45, 7) is 16.9. The lowest BCUT2D eigenvalue weighted by molar-refractivity contribution is -0.0253. The summed E-state index contributed by atoms with van der Waals surface area (Å²) >= 11 is 0. The summed E-state index contributed by atoms with van der Waals surface area (Å²) in [4.78, 5) is 15.2. The van der Waals surface area contributed by atoms with Gasteiger partial charge in [-0.05, 0) is 48.0 Å². The van der Waals surface area contributed by atoms with Crippen LogP contribution in [0.3, 0.4) is 0 Å². The van der Waals surface area contributed by atoms with Gasteiger partial charge in [0.05, 0.1) is 13.2 Å². The van der Waals surface area contributed by atoms with Crippen molar-refractivity contribution in [2.75, 3.05) is 20.3 Å². The number of benzene rings is 1. The molecule has 1 saturated heterocycles. The summed E-state index contributed by atoms with van der Waals surface area (Å²) in [5.74, 6) is 0.325. The van der Waals surface area contributed by atoms with Gasteiger partial charge in [-0.3, -0.25) is 4.90 Å². The Morgan fingerprint density at radius 1 is 1.26 bits per heavy atom. The molecule has 0 radical (unpaired) electrons. The van der Waals surface area contributed by atoms with Crippen molar-refractivity contribution in [1.82, 2.24) is 4.90 Å². The normalized spacial score (nSPS) is 24.8. The second kappa shape index (κ2) is 9.08. The second-order valence-corrected chi connectivity index (χ2v) is 15.4. The Labute approximate surface area is 188 Å². The fraction of sp³-hybridized carbons (Fsp3) is 0.640. The van der Waals surface area contributed by atoms with Gasteiger partial charge in [0, 0.05) is 13.7 Å². The van der Waals surface area contributed by atoms with Crippen molar-refractivity contribution < 1.29 is 18.7 Å². The maximum absolute atomic E-state index is 13.3. The molecule has 0 spiro atoms. The highest BCUT2D eigenvalue weighted by Crippen LogP contribution is 2.50. The zero-order chi connectivity index (χ0) is 22.9. The molecule has 1 saturated carbocycles. The highest BCUT2D eigenvalue weighted by molar-refractivity contribution is 6.74. The molecule has 0 bridgehead atoms. The van der Waals surface area contributed by atoms with Crippen molar-refractivity contribution in [2.24, 2.45) is 5.92 Å². The Hall–Kier alpha value is -1.63. The first-order valence-corrected chi connectivity index (χ1v) is 14.3. The topological polar surface area (TPSA) is 48.0 Å². The fourth-order valence-electron chi connectivity index (χ4n) is 4.38. The molecule has 0 unspecified atom stereocenters. The van der Waals surface area contributed by atoms with Crippen molar-refractivity contribution in [3.8, 4) is 0 Å². The van der Waals surface area contributed by atoms with Crippen LogP contribution >= 0.6 is 0 Å². The third-order valence-electron chi connectivity index (χ3n) is 7.56. The van der Waals surface area contributed by atoms with Gasteiger partial charge in [0.25, 0.3) is 0 Å². The standard InChI is InChI=1S/C25H39NO4Si/c1-19(17-28-5)22-25(21-14-11-15-21,18-29-31(6,7)24(2,3)4)26(23(27)30-22)16-20-12-9-8-10-13-20/h8-10,12-13,21-22H,1,11,14-18H2,2-7H3/t22-,25-/m1/s1. The van der Waals surface area contributed by atoms with E-state index < -0.39 is 20.0 Å². The molecule has 0 N–H and O–H groups in total. The third-order valence-corrected chi connectivity index (χ3v) is 12.0. The van der Waals surface area contributed by atoms with E-state index in [2.05, 4.69) is 52.6 Å². The van der Waals surface area contributed by atoms with E-state index in [0.717, 1.165) is 24.0 Å². The molecule has 3 rings (SSSR count). The molecule has 1 aliphatic heterocycles. The van der Waals surface area contributed by atoms with Crippen LogP contribution < -0.4 is 0 Å². The number of nitrogens with zero attached hydrogens (tertiary/aromatic N) is 1. The lowest BCUT2D eigenvalue weighted by atomic mass is 9.66. The highest BCUT2D eigenvalue weighted by atomic mass is 28.4. The molecule has 2 atom stereocenters. The predicted molar refractivity (Wildman–Crippen MR) is 126 cm³/mol. The molecule has 6 heteroatoms. The second-order valence-electron chi connectivity index (χ2n) is 10.6. The Balaban J connectivity index is 2.02. The smallest absolute Gasteiger partial charge is 0.411 e. The van der Waals surface area contributed by atoms with E-state index in [4.69, 9.17) is 13.9 Å². The summed E-state index contributed by atoms with van der Waals surface area (Å²) in [5.41, 5.74) is 1.33. The van der Waals surface area contributed by atoms with Crippen LogP contribution in [0.4, 0.5) is 4.79 Å². The molecule has 1 amide bonds. The minimum absolute atomic E-state index is 0.0839. The van der Waals surface area contributed by atoms with Crippen molar-refractivity contribution >= 4 is 14.4 Å². The monoisotopic (exact) mass is 445 g/mol. The molecule has 5 nitrogen and oxygen atoms in total. The van der Waals surface area contributed by atoms with Gasteiger partial charge in [0.2, 0.25) is 0 Å². The van der Waals surface area contributed by atoms with E-state index in [0.29, 0.717) is 25.7 Å². The van der Waals surface area contributed by atoms with E-state index in [-0.39, 0.29) is 11.1 Å². The van der Waals surface area contributed by atoms with Gasteiger partial charge in [0.15, 0.2) is 14.4 Å². The average molecular weight is 446 g/mol. The van der Waals surface area contributed by atoms with Crippen LogP contribution in [-0.2, 0) is 20.4 Å². The number of carbonyl (C=O) groups is 1. The molecule has 172 valence electrons. The van der Waals surface area contributed by atoms with Crippen LogP contribution in [0.15, 0.2) is 42.5 Å². The number of ether oxygens (including phenoxy) is 2. The van der Waals surface area contributed by atoms with Crippen molar-refractivity contribution in [1.29, 1.82) is 0 Å². The summed E-state index contributed by atoms with van der Waals surface area (Å²) in [6, 6.07) is 10.1. The minimum Gasteiger partial charge on any atom is -0.439 e. The Kier molecular flexibility index (Phi) is 7.04. The van der Waals surface area contributed by atoms with Crippen LogP contribution in [0.1, 0.15) is 45.6 Å². The van der Waals surface area contributed by atoms with Crippen LogP contribution in [0.5, 0.6) is 0 Å². The van der Waals surface area contributed by atoms with Gasteiger partial charge < -0.3 is 13.9 Å². The predicted octanol–water partition coefficient (Wildman–Crippen LogP) is 5.77. The molecule has 0 aromatic heterocycles. The van der Waals surface area contributed by atoms with Crippen LogP contribution in [0.25, 0.3) is 0 Å². The number of methoxy groups -OCH3 is 1.